The van der Waals surface area contributed by atoms with Crippen molar-refractivity contribution in [1.29, 1.82) is 0 Å². The molecule has 0 aliphatic carbocycles. The van der Waals surface area contributed by atoms with Crippen molar-refractivity contribution in [2.24, 2.45) is 0 Å². The molecule has 0 saturated carbocycles. The van der Waals surface area contributed by atoms with E-state index in [0.29, 0.717) is 6.04 Å². The first-order chi connectivity index (χ1) is 8.33. The van der Waals surface area contributed by atoms with Gasteiger partial charge in [-0.15, -0.1) is 0 Å². The molecule has 2 aliphatic heterocycles. The van der Waals surface area contributed by atoms with E-state index in [2.05, 4.69) is 35.3 Å². The van der Waals surface area contributed by atoms with Gasteiger partial charge in [-0.3, -0.25) is 0 Å². The maximum Gasteiger partial charge on any atom is 0.0452 e. The normalized spacial score (nSPS) is 24.9. The van der Waals surface area contributed by atoms with Gasteiger partial charge in [0, 0.05) is 12.6 Å². The second-order valence-electron chi connectivity index (χ2n) is 5.47. The van der Waals surface area contributed by atoms with Gasteiger partial charge in [0.2, 0.25) is 0 Å². The Kier molecular flexibility index (Phi) is 3.17. The Balaban J connectivity index is 1.80. The molecule has 0 amide bonds. The highest BCUT2D eigenvalue weighted by Gasteiger charge is 2.23. The van der Waals surface area contributed by atoms with Crippen LogP contribution in [0.1, 0.15) is 35.6 Å². The molecule has 1 unspecified atom stereocenters. The van der Waals surface area contributed by atoms with Gasteiger partial charge in [-0.1, -0.05) is 23.8 Å². The first-order valence-electron chi connectivity index (χ1n) is 6.88. The SMILES string of the molecule is Cc1ccc2c(c1)C(CN1CCCC1)NCC2. The summed E-state index contributed by atoms with van der Waals surface area (Å²) in [6, 6.07) is 7.50. The van der Waals surface area contributed by atoms with Crippen LogP contribution in [-0.4, -0.2) is 31.1 Å². The average molecular weight is 230 g/mol. The molecular formula is C15H22N2. The first kappa shape index (κ1) is 11.2. The lowest BCUT2D eigenvalue weighted by atomic mass is 9.92. The molecule has 3 rings (SSSR count). The highest BCUT2D eigenvalue weighted by Crippen LogP contribution is 2.25. The standard InChI is InChI=1S/C15H22N2/c1-12-4-5-13-6-7-16-15(14(13)10-12)11-17-8-2-3-9-17/h4-5,10,15-16H,2-3,6-9,11H2,1H3. The van der Waals surface area contributed by atoms with Crippen molar-refractivity contribution in [2.45, 2.75) is 32.2 Å². The van der Waals surface area contributed by atoms with Crippen molar-refractivity contribution in [3.8, 4) is 0 Å². The monoisotopic (exact) mass is 230 g/mol. The van der Waals surface area contributed by atoms with Gasteiger partial charge in [-0.25, -0.2) is 0 Å². The van der Waals surface area contributed by atoms with E-state index < -0.39 is 0 Å². The fourth-order valence-electron chi connectivity index (χ4n) is 3.14. The number of benzene rings is 1. The van der Waals surface area contributed by atoms with E-state index in [1.165, 1.54) is 44.5 Å². The van der Waals surface area contributed by atoms with Crippen LogP contribution in [0.4, 0.5) is 0 Å². The maximum absolute atomic E-state index is 3.69. The summed E-state index contributed by atoms with van der Waals surface area (Å²) >= 11 is 0. The number of hydrogen-bond acceptors (Lipinski definition) is 2. The van der Waals surface area contributed by atoms with Crippen LogP contribution < -0.4 is 5.32 Å². The smallest absolute Gasteiger partial charge is 0.0452 e. The number of fused-ring (bicyclic) bond motifs is 1. The molecule has 1 aromatic carbocycles. The van der Waals surface area contributed by atoms with Crippen LogP contribution in [0.25, 0.3) is 0 Å². The molecule has 1 N–H and O–H groups in total. The highest BCUT2D eigenvalue weighted by atomic mass is 15.2. The first-order valence-corrected chi connectivity index (χ1v) is 6.88. The number of likely N-dealkylation sites (tertiary alicyclic amines) is 1. The fourth-order valence-corrected chi connectivity index (χ4v) is 3.14. The topological polar surface area (TPSA) is 15.3 Å². The summed E-state index contributed by atoms with van der Waals surface area (Å²) in [6.45, 7) is 7.10. The van der Waals surface area contributed by atoms with Gasteiger partial charge in [-0.05, 0) is 56.9 Å². The number of nitrogens with zero attached hydrogens (tertiary/aromatic N) is 1. The van der Waals surface area contributed by atoms with Crippen molar-refractivity contribution < 1.29 is 0 Å². The minimum Gasteiger partial charge on any atom is -0.309 e. The molecule has 1 saturated heterocycles. The predicted octanol–water partition coefficient (Wildman–Crippen LogP) is 2.28. The molecule has 92 valence electrons. The third-order valence-corrected chi connectivity index (χ3v) is 4.10. The Labute approximate surface area is 104 Å². The second-order valence-corrected chi connectivity index (χ2v) is 5.47. The number of aryl methyl sites for hydroxylation is 1. The second kappa shape index (κ2) is 4.79. The summed E-state index contributed by atoms with van der Waals surface area (Å²) in [4.78, 5) is 2.61. The van der Waals surface area contributed by atoms with Crippen LogP contribution >= 0.6 is 0 Å². The van der Waals surface area contributed by atoms with Gasteiger partial charge < -0.3 is 10.2 Å². The predicted molar refractivity (Wildman–Crippen MR) is 71.3 cm³/mol. The summed E-state index contributed by atoms with van der Waals surface area (Å²) < 4.78 is 0. The molecule has 17 heavy (non-hydrogen) atoms. The van der Waals surface area contributed by atoms with Gasteiger partial charge in [0.1, 0.15) is 0 Å². The van der Waals surface area contributed by atoms with E-state index in [-0.39, 0.29) is 0 Å². The highest BCUT2D eigenvalue weighted by molar-refractivity contribution is 5.36. The van der Waals surface area contributed by atoms with Crippen molar-refractivity contribution in [1.82, 2.24) is 10.2 Å². The van der Waals surface area contributed by atoms with Crippen LogP contribution in [0.15, 0.2) is 18.2 Å². The summed E-state index contributed by atoms with van der Waals surface area (Å²) in [7, 11) is 0. The van der Waals surface area contributed by atoms with Crippen molar-refractivity contribution in [3.05, 3.63) is 34.9 Å². The molecule has 0 spiro atoms. The molecule has 1 aromatic rings. The summed E-state index contributed by atoms with van der Waals surface area (Å²) in [5.41, 5.74) is 4.49. The molecule has 1 atom stereocenters. The minimum absolute atomic E-state index is 0.553. The van der Waals surface area contributed by atoms with Crippen molar-refractivity contribution in [3.63, 3.8) is 0 Å². The molecule has 0 bridgehead atoms. The Hall–Kier alpha value is -0.860. The Morgan fingerprint density at radius 3 is 2.94 bits per heavy atom. The molecule has 2 heteroatoms. The third kappa shape index (κ3) is 2.38. The molecular weight excluding hydrogens is 208 g/mol. The molecule has 2 heterocycles. The van der Waals surface area contributed by atoms with Crippen molar-refractivity contribution >= 4 is 0 Å². The summed E-state index contributed by atoms with van der Waals surface area (Å²) in [5, 5.41) is 3.69. The molecule has 0 radical (unpaired) electrons. The van der Waals surface area contributed by atoms with Crippen LogP contribution in [0.5, 0.6) is 0 Å². The summed E-state index contributed by atoms with van der Waals surface area (Å²) in [6.07, 6.45) is 3.95. The fraction of sp³-hybridized carbons (Fsp3) is 0.600. The Bertz CT molecular complexity index is 394. The number of hydrogen-bond donors (Lipinski definition) is 1. The zero-order chi connectivity index (χ0) is 11.7. The van der Waals surface area contributed by atoms with Crippen LogP contribution in [0.2, 0.25) is 0 Å². The molecule has 2 aliphatic rings. The summed E-state index contributed by atoms with van der Waals surface area (Å²) in [5.74, 6) is 0. The van der Waals surface area contributed by atoms with E-state index in [0.717, 1.165) is 6.54 Å². The lowest BCUT2D eigenvalue weighted by molar-refractivity contribution is 0.287. The van der Waals surface area contributed by atoms with E-state index >= 15 is 0 Å². The Morgan fingerprint density at radius 2 is 2.12 bits per heavy atom. The largest absolute Gasteiger partial charge is 0.309 e. The zero-order valence-corrected chi connectivity index (χ0v) is 10.7. The van der Waals surface area contributed by atoms with E-state index in [9.17, 15) is 0 Å². The zero-order valence-electron chi connectivity index (χ0n) is 10.7. The quantitative estimate of drug-likeness (QED) is 0.838. The van der Waals surface area contributed by atoms with E-state index in [1.54, 1.807) is 11.1 Å². The Morgan fingerprint density at radius 1 is 1.29 bits per heavy atom. The van der Waals surface area contributed by atoms with Gasteiger partial charge in [0.15, 0.2) is 0 Å². The molecule has 2 nitrogen and oxygen atoms in total. The van der Waals surface area contributed by atoms with E-state index in [4.69, 9.17) is 0 Å². The van der Waals surface area contributed by atoms with E-state index in [1.807, 2.05) is 0 Å². The van der Waals surface area contributed by atoms with Crippen LogP contribution in [0.3, 0.4) is 0 Å². The molecule has 0 aromatic heterocycles. The van der Waals surface area contributed by atoms with Gasteiger partial charge in [0.25, 0.3) is 0 Å². The molecule has 1 fully saturated rings. The van der Waals surface area contributed by atoms with Crippen molar-refractivity contribution in [2.75, 3.05) is 26.2 Å². The minimum atomic E-state index is 0.553. The lowest BCUT2D eigenvalue weighted by Gasteiger charge is -2.30. The van der Waals surface area contributed by atoms with Gasteiger partial charge in [-0.2, -0.15) is 0 Å². The number of nitrogens with one attached hydrogen (secondary N) is 1. The van der Waals surface area contributed by atoms with Gasteiger partial charge >= 0.3 is 0 Å². The van der Waals surface area contributed by atoms with Gasteiger partial charge in [0.05, 0.1) is 0 Å². The number of rotatable bonds is 2. The lowest BCUT2D eigenvalue weighted by Crippen LogP contribution is -2.38. The average Bonchev–Trinajstić information content (AvgIpc) is 2.83. The van der Waals surface area contributed by atoms with Crippen LogP contribution in [0, 0.1) is 6.92 Å². The maximum atomic E-state index is 3.69. The van der Waals surface area contributed by atoms with Crippen LogP contribution in [-0.2, 0) is 6.42 Å². The third-order valence-electron chi connectivity index (χ3n) is 4.10.